The Morgan fingerprint density at radius 1 is 0.800 bits per heavy atom. The molecule has 6 rings (SSSR count). The number of hydrogen-bond acceptors (Lipinski definition) is 6. The fourth-order valence-corrected chi connectivity index (χ4v) is 6.23. The molecule has 3 aromatic carbocycles. The second kappa shape index (κ2) is 15.1. The maximum absolute atomic E-state index is 13.5. The van der Waals surface area contributed by atoms with Gasteiger partial charge in [-0.3, -0.25) is 10.1 Å². The number of benzene rings is 3. The second-order valence-corrected chi connectivity index (χ2v) is 12.8. The summed E-state index contributed by atoms with van der Waals surface area (Å²) in [5.74, 6) is 0.856. The molecular weight excluding hydrogens is 632 g/mol. The summed E-state index contributed by atoms with van der Waals surface area (Å²) in [7, 11) is 1.29. The number of carbonyl (C=O) groups is 3. The van der Waals surface area contributed by atoms with Crippen LogP contribution < -0.4 is 16.0 Å². The molecule has 0 spiro atoms. The number of rotatable bonds is 10. The lowest BCUT2D eigenvalue weighted by Gasteiger charge is -2.30. The van der Waals surface area contributed by atoms with Crippen LogP contribution in [0.15, 0.2) is 91.3 Å². The van der Waals surface area contributed by atoms with Gasteiger partial charge in [-0.2, -0.15) is 0 Å². The van der Waals surface area contributed by atoms with Crippen molar-refractivity contribution in [3.63, 3.8) is 0 Å². The SMILES string of the molecule is COC(=O)NC(C(=O)N1CCCC1c1ncc(-c2ccc(-c3ccc(-c4cnc(NC(=O)NC(C)c5ccccc5)[nH]4)cc3)cc2)[nH]1)C(C)C. The van der Waals surface area contributed by atoms with Crippen LogP contribution >= 0.6 is 0 Å². The number of carbonyl (C=O) groups excluding carboxylic acids is 3. The monoisotopic (exact) mass is 674 g/mol. The minimum Gasteiger partial charge on any atom is -0.453 e. The van der Waals surface area contributed by atoms with Gasteiger partial charge in [0, 0.05) is 6.54 Å². The summed E-state index contributed by atoms with van der Waals surface area (Å²) in [4.78, 5) is 55.3. The molecule has 2 aromatic heterocycles. The molecule has 12 heteroatoms. The molecular formula is C38H42N8O4. The summed E-state index contributed by atoms with van der Waals surface area (Å²) in [6.07, 6.45) is 4.52. The minimum atomic E-state index is -0.680. The molecule has 0 aliphatic carbocycles. The zero-order chi connectivity index (χ0) is 35.2. The molecule has 1 fully saturated rings. The first kappa shape index (κ1) is 34.0. The van der Waals surface area contributed by atoms with Crippen molar-refractivity contribution in [2.45, 2.75) is 51.7 Å². The zero-order valence-corrected chi connectivity index (χ0v) is 28.6. The van der Waals surface area contributed by atoms with Gasteiger partial charge >= 0.3 is 12.1 Å². The number of hydrogen-bond donors (Lipinski definition) is 5. The predicted octanol–water partition coefficient (Wildman–Crippen LogP) is 7.06. The van der Waals surface area contributed by atoms with Crippen molar-refractivity contribution < 1.29 is 19.1 Å². The van der Waals surface area contributed by atoms with Gasteiger partial charge in [0.05, 0.1) is 43.0 Å². The number of H-pyrrole nitrogens is 2. The molecule has 1 saturated heterocycles. The third kappa shape index (κ3) is 7.70. The number of alkyl carbamates (subject to hydrolysis) is 1. The van der Waals surface area contributed by atoms with E-state index in [1.54, 1.807) is 17.3 Å². The predicted molar refractivity (Wildman–Crippen MR) is 192 cm³/mol. The molecule has 12 nitrogen and oxygen atoms in total. The molecule has 0 bridgehead atoms. The summed E-state index contributed by atoms with van der Waals surface area (Å²) in [6.45, 7) is 6.33. The van der Waals surface area contributed by atoms with Gasteiger partial charge in [0.1, 0.15) is 11.9 Å². The smallest absolute Gasteiger partial charge is 0.407 e. The molecule has 258 valence electrons. The van der Waals surface area contributed by atoms with Crippen LogP contribution in [0.5, 0.6) is 0 Å². The Balaban J connectivity index is 1.07. The lowest BCUT2D eigenvalue weighted by Crippen LogP contribution is -2.51. The highest BCUT2D eigenvalue weighted by Gasteiger charge is 2.37. The van der Waals surface area contributed by atoms with Crippen LogP contribution in [0.25, 0.3) is 33.6 Å². The molecule has 0 saturated carbocycles. The number of nitrogens with zero attached hydrogens (tertiary/aromatic N) is 3. The van der Waals surface area contributed by atoms with Crippen LogP contribution in [0.1, 0.15) is 57.1 Å². The van der Waals surface area contributed by atoms with E-state index in [-0.39, 0.29) is 29.9 Å². The van der Waals surface area contributed by atoms with E-state index in [4.69, 9.17) is 4.74 Å². The normalized spacial score (nSPS) is 15.4. The highest BCUT2D eigenvalue weighted by molar-refractivity contribution is 5.88. The number of nitrogens with one attached hydrogen (secondary N) is 5. The highest BCUT2D eigenvalue weighted by atomic mass is 16.5. The summed E-state index contributed by atoms with van der Waals surface area (Å²) in [5.41, 5.74) is 6.69. The van der Waals surface area contributed by atoms with Crippen molar-refractivity contribution in [2.24, 2.45) is 5.92 Å². The molecule has 3 unspecified atom stereocenters. The average molecular weight is 675 g/mol. The van der Waals surface area contributed by atoms with Crippen LogP contribution in [-0.4, -0.2) is 62.6 Å². The fourth-order valence-electron chi connectivity index (χ4n) is 6.23. The van der Waals surface area contributed by atoms with Crippen molar-refractivity contribution in [1.82, 2.24) is 35.5 Å². The van der Waals surface area contributed by atoms with Crippen molar-refractivity contribution in [3.8, 4) is 33.6 Å². The lowest BCUT2D eigenvalue weighted by molar-refractivity contribution is -0.135. The Labute approximate surface area is 291 Å². The summed E-state index contributed by atoms with van der Waals surface area (Å²) < 4.78 is 4.74. The lowest BCUT2D eigenvalue weighted by atomic mass is 10.0. The third-order valence-electron chi connectivity index (χ3n) is 9.02. The van der Waals surface area contributed by atoms with Gasteiger partial charge in [0.15, 0.2) is 0 Å². The van der Waals surface area contributed by atoms with Gasteiger partial charge in [-0.1, -0.05) is 92.7 Å². The van der Waals surface area contributed by atoms with E-state index >= 15 is 0 Å². The van der Waals surface area contributed by atoms with Crippen LogP contribution in [0.4, 0.5) is 15.5 Å². The molecule has 50 heavy (non-hydrogen) atoms. The first-order valence-electron chi connectivity index (χ1n) is 16.8. The van der Waals surface area contributed by atoms with Gasteiger partial charge in [-0.25, -0.2) is 19.6 Å². The Kier molecular flexibility index (Phi) is 10.3. The Morgan fingerprint density at radius 3 is 2.02 bits per heavy atom. The van der Waals surface area contributed by atoms with E-state index in [1.165, 1.54) is 7.11 Å². The van der Waals surface area contributed by atoms with Gasteiger partial charge < -0.3 is 30.2 Å². The van der Waals surface area contributed by atoms with Crippen molar-refractivity contribution in [1.29, 1.82) is 0 Å². The third-order valence-corrected chi connectivity index (χ3v) is 9.02. The summed E-state index contributed by atoms with van der Waals surface area (Å²) in [6, 6.07) is 24.7. The Hall–Kier alpha value is -5.91. The van der Waals surface area contributed by atoms with Gasteiger partial charge in [0.25, 0.3) is 0 Å². The number of aromatic amines is 2. The van der Waals surface area contributed by atoms with E-state index in [9.17, 15) is 14.4 Å². The molecule has 3 atom stereocenters. The molecule has 1 aliphatic heterocycles. The topological polar surface area (TPSA) is 157 Å². The quantitative estimate of drug-likeness (QED) is 0.107. The van der Waals surface area contributed by atoms with Crippen LogP contribution in [0.2, 0.25) is 0 Å². The van der Waals surface area contributed by atoms with Gasteiger partial charge in [-0.05, 0) is 53.5 Å². The maximum atomic E-state index is 13.5. The fraction of sp³-hybridized carbons (Fsp3) is 0.289. The molecule has 3 heterocycles. The first-order chi connectivity index (χ1) is 24.2. The number of ether oxygens (including phenoxy) is 1. The molecule has 4 amide bonds. The largest absolute Gasteiger partial charge is 0.453 e. The van der Waals surface area contributed by atoms with E-state index in [2.05, 4.69) is 48.0 Å². The second-order valence-electron chi connectivity index (χ2n) is 12.8. The Morgan fingerprint density at radius 2 is 1.40 bits per heavy atom. The molecule has 5 aromatic rings. The van der Waals surface area contributed by atoms with E-state index in [1.807, 2.05) is 87.5 Å². The number of imidazole rings is 2. The number of anilines is 1. The van der Waals surface area contributed by atoms with Crippen LogP contribution in [-0.2, 0) is 9.53 Å². The van der Waals surface area contributed by atoms with Crippen molar-refractivity contribution in [3.05, 3.63) is 103 Å². The van der Waals surface area contributed by atoms with E-state index in [0.717, 1.165) is 57.9 Å². The minimum absolute atomic E-state index is 0.0975. The number of likely N-dealkylation sites (tertiary alicyclic amines) is 1. The van der Waals surface area contributed by atoms with Gasteiger partial charge in [-0.15, -0.1) is 0 Å². The molecule has 5 N–H and O–H groups in total. The highest BCUT2D eigenvalue weighted by Crippen LogP contribution is 2.33. The summed E-state index contributed by atoms with van der Waals surface area (Å²) in [5, 5.41) is 8.38. The van der Waals surface area contributed by atoms with Crippen molar-refractivity contribution in [2.75, 3.05) is 19.0 Å². The first-order valence-corrected chi connectivity index (χ1v) is 16.8. The van der Waals surface area contributed by atoms with E-state index in [0.29, 0.717) is 12.5 Å². The van der Waals surface area contributed by atoms with Crippen LogP contribution in [0.3, 0.4) is 0 Å². The summed E-state index contributed by atoms with van der Waals surface area (Å²) >= 11 is 0. The van der Waals surface area contributed by atoms with Crippen molar-refractivity contribution >= 4 is 24.0 Å². The average Bonchev–Trinajstić information content (AvgIpc) is 3.92. The van der Waals surface area contributed by atoms with Crippen LogP contribution in [0, 0.1) is 5.92 Å². The van der Waals surface area contributed by atoms with Gasteiger partial charge in [0.2, 0.25) is 11.9 Å². The molecule has 1 aliphatic rings. The maximum Gasteiger partial charge on any atom is 0.407 e. The van der Waals surface area contributed by atoms with E-state index < -0.39 is 12.1 Å². The number of amides is 4. The number of urea groups is 1. The Bertz CT molecular complexity index is 1920. The number of methoxy groups -OCH3 is 1. The molecule has 0 radical (unpaired) electrons. The standard InChI is InChI=1S/C38H42N8O4/c1-23(2)33(44-38(49)50-4)35(47)46-20-8-11-32(46)34-39-21-30(42-34)28-16-12-26(13-17-28)27-14-18-29(19-15-27)31-22-40-36(43-31)45-37(48)41-24(3)25-9-6-5-7-10-25/h5-7,9-10,12-19,21-24,32-33H,8,11,20H2,1-4H3,(H,39,42)(H,44,49)(H3,40,41,43,45,48). The zero-order valence-electron chi connectivity index (χ0n) is 28.6. The number of aromatic nitrogens is 4.